The Balaban J connectivity index is 2.49. The summed E-state index contributed by atoms with van der Waals surface area (Å²) in [4.78, 5) is 14.0. The molecule has 0 saturated carbocycles. The Morgan fingerprint density at radius 2 is 2.12 bits per heavy atom. The molecule has 1 saturated heterocycles. The second-order valence-corrected chi connectivity index (χ2v) is 5.71. The van der Waals surface area contributed by atoms with E-state index >= 15 is 0 Å². The third-order valence-electron chi connectivity index (χ3n) is 2.85. The monoisotopic (exact) mass is 228 g/mol. The van der Waals surface area contributed by atoms with E-state index in [-0.39, 0.29) is 23.6 Å². The Hall–Kier alpha value is -0.610. The Labute approximate surface area is 98.0 Å². The van der Waals surface area contributed by atoms with Crippen LogP contribution in [0.3, 0.4) is 0 Å². The predicted molar refractivity (Wildman–Crippen MR) is 64.2 cm³/mol. The molecule has 4 nitrogen and oxygen atoms in total. The van der Waals surface area contributed by atoms with E-state index in [2.05, 4.69) is 10.2 Å². The van der Waals surface area contributed by atoms with Gasteiger partial charge < -0.3 is 10.4 Å². The van der Waals surface area contributed by atoms with Crippen molar-refractivity contribution in [2.24, 2.45) is 0 Å². The summed E-state index contributed by atoms with van der Waals surface area (Å²) in [5.41, 5.74) is -0.195. The van der Waals surface area contributed by atoms with Crippen molar-refractivity contribution in [1.82, 2.24) is 10.2 Å². The highest BCUT2D eigenvalue weighted by atomic mass is 16.3. The van der Waals surface area contributed by atoms with E-state index in [4.69, 9.17) is 0 Å². The number of hydrogen-bond acceptors (Lipinski definition) is 3. The molecule has 0 aliphatic carbocycles. The molecule has 0 spiro atoms. The van der Waals surface area contributed by atoms with Crippen LogP contribution in [0.5, 0.6) is 0 Å². The molecule has 16 heavy (non-hydrogen) atoms. The van der Waals surface area contributed by atoms with Gasteiger partial charge in [0.1, 0.15) is 0 Å². The van der Waals surface area contributed by atoms with Gasteiger partial charge in [-0.3, -0.25) is 9.69 Å². The maximum atomic E-state index is 11.9. The number of piperidine rings is 1. The van der Waals surface area contributed by atoms with Gasteiger partial charge in [-0.25, -0.2) is 0 Å². The number of hydrogen-bond donors (Lipinski definition) is 2. The van der Waals surface area contributed by atoms with Crippen LogP contribution in [0.2, 0.25) is 0 Å². The van der Waals surface area contributed by atoms with Gasteiger partial charge in [-0.1, -0.05) is 0 Å². The first kappa shape index (κ1) is 13.5. The van der Waals surface area contributed by atoms with Crippen molar-refractivity contribution in [2.75, 3.05) is 13.1 Å². The van der Waals surface area contributed by atoms with Crippen LogP contribution in [0.15, 0.2) is 0 Å². The highest BCUT2D eigenvalue weighted by Gasteiger charge is 2.28. The van der Waals surface area contributed by atoms with E-state index in [1.165, 1.54) is 0 Å². The fraction of sp³-hybridized carbons (Fsp3) is 0.917. The van der Waals surface area contributed by atoms with Crippen molar-refractivity contribution in [2.45, 2.75) is 58.2 Å². The SMILES string of the molecule is CC(C(=O)NC(C)(C)C)N1CCC[C@H](O)C1. The van der Waals surface area contributed by atoms with E-state index in [9.17, 15) is 9.90 Å². The van der Waals surface area contributed by atoms with Crippen LogP contribution in [0.25, 0.3) is 0 Å². The van der Waals surface area contributed by atoms with Gasteiger partial charge >= 0.3 is 0 Å². The van der Waals surface area contributed by atoms with Crippen LogP contribution in [0.4, 0.5) is 0 Å². The summed E-state index contributed by atoms with van der Waals surface area (Å²) in [5.74, 6) is 0.0431. The predicted octanol–water partition coefficient (Wildman–Crippen LogP) is 0.746. The fourth-order valence-corrected chi connectivity index (χ4v) is 1.97. The van der Waals surface area contributed by atoms with E-state index < -0.39 is 0 Å². The van der Waals surface area contributed by atoms with Crippen molar-refractivity contribution in [3.05, 3.63) is 0 Å². The number of carbonyl (C=O) groups is 1. The lowest BCUT2D eigenvalue weighted by atomic mass is 10.0. The Morgan fingerprint density at radius 1 is 1.50 bits per heavy atom. The minimum atomic E-state index is -0.279. The van der Waals surface area contributed by atoms with E-state index in [0.29, 0.717) is 6.54 Å². The van der Waals surface area contributed by atoms with Crippen LogP contribution in [-0.2, 0) is 4.79 Å². The first-order valence-corrected chi connectivity index (χ1v) is 6.04. The zero-order valence-corrected chi connectivity index (χ0v) is 10.8. The Morgan fingerprint density at radius 3 is 2.62 bits per heavy atom. The van der Waals surface area contributed by atoms with Crippen LogP contribution in [0, 0.1) is 0 Å². The average molecular weight is 228 g/mol. The molecule has 4 heteroatoms. The molecule has 1 aliphatic heterocycles. The lowest BCUT2D eigenvalue weighted by Crippen LogP contribution is -2.53. The van der Waals surface area contributed by atoms with Crippen molar-refractivity contribution < 1.29 is 9.90 Å². The van der Waals surface area contributed by atoms with E-state index in [1.54, 1.807) is 0 Å². The summed E-state index contributed by atoms with van der Waals surface area (Å²) in [7, 11) is 0. The summed E-state index contributed by atoms with van der Waals surface area (Å²) in [6.45, 7) is 9.33. The zero-order valence-electron chi connectivity index (χ0n) is 10.8. The van der Waals surface area contributed by atoms with Crippen LogP contribution >= 0.6 is 0 Å². The lowest BCUT2D eigenvalue weighted by molar-refractivity contribution is -0.128. The minimum Gasteiger partial charge on any atom is -0.392 e. The molecular formula is C12H24N2O2. The number of β-amino-alcohol motifs (C(OH)–C–C–N with tert-alkyl or cyclic N) is 1. The van der Waals surface area contributed by atoms with Crippen molar-refractivity contribution in [3.8, 4) is 0 Å². The first-order valence-electron chi connectivity index (χ1n) is 6.04. The normalized spacial score (nSPS) is 25.2. The molecule has 1 rings (SSSR count). The third kappa shape index (κ3) is 4.10. The molecule has 1 heterocycles. The molecule has 1 fully saturated rings. The van der Waals surface area contributed by atoms with Gasteiger partial charge in [-0.15, -0.1) is 0 Å². The number of nitrogens with one attached hydrogen (secondary N) is 1. The molecule has 2 N–H and O–H groups in total. The number of aliphatic hydroxyl groups is 1. The van der Waals surface area contributed by atoms with Gasteiger partial charge in [-0.2, -0.15) is 0 Å². The Bertz CT molecular complexity index is 248. The van der Waals surface area contributed by atoms with Crippen molar-refractivity contribution >= 4 is 5.91 Å². The van der Waals surface area contributed by atoms with Gasteiger partial charge in [0, 0.05) is 12.1 Å². The molecule has 0 radical (unpaired) electrons. The van der Waals surface area contributed by atoms with Crippen LogP contribution < -0.4 is 5.32 Å². The smallest absolute Gasteiger partial charge is 0.237 e. The summed E-state index contributed by atoms with van der Waals surface area (Å²) in [6.07, 6.45) is 1.54. The maximum absolute atomic E-state index is 11.9. The summed E-state index contributed by atoms with van der Waals surface area (Å²) >= 11 is 0. The molecule has 1 amide bonds. The number of rotatable bonds is 2. The second kappa shape index (κ2) is 5.15. The van der Waals surface area contributed by atoms with Crippen LogP contribution in [-0.4, -0.2) is 46.7 Å². The van der Waals surface area contributed by atoms with E-state index in [0.717, 1.165) is 19.4 Å². The molecule has 0 aromatic heterocycles. The standard InChI is InChI=1S/C12H24N2O2/c1-9(11(16)13-12(2,3)4)14-7-5-6-10(15)8-14/h9-10,15H,5-8H2,1-4H3,(H,13,16)/t9?,10-/m0/s1. The van der Waals surface area contributed by atoms with Gasteiger partial charge in [0.05, 0.1) is 12.1 Å². The number of nitrogens with zero attached hydrogens (tertiary/aromatic N) is 1. The molecular weight excluding hydrogens is 204 g/mol. The number of amides is 1. The van der Waals surface area contributed by atoms with Crippen LogP contribution in [0.1, 0.15) is 40.5 Å². The number of carbonyl (C=O) groups excluding carboxylic acids is 1. The van der Waals surface area contributed by atoms with Crippen molar-refractivity contribution in [1.29, 1.82) is 0 Å². The van der Waals surface area contributed by atoms with Gasteiger partial charge in [0.15, 0.2) is 0 Å². The Kier molecular flexibility index (Phi) is 4.33. The molecule has 0 bridgehead atoms. The van der Waals surface area contributed by atoms with Gasteiger partial charge in [0.25, 0.3) is 0 Å². The second-order valence-electron chi connectivity index (χ2n) is 5.71. The number of aliphatic hydroxyl groups excluding tert-OH is 1. The summed E-state index contributed by atoms with van der Waals surface area (Å²) < 4.78 is 0. The molecule has 0 aromatic rings. The fourth-order valence-electron chi connectivity index (χ4n) is 1.97. The van der Waals surface area contributed by atoms with E-state index in [1.807, 2.05) is 27.7 Å². The minimum absolute atomic E-state index is 0.0431. The largest absolute Gasteiger partial charge is 0.392 e. The average Bonchev–Trinajstić information content (AvgIpc) is 2.14. The summed E-state index contributed by atoms with van der Waals surface area (Å²) in [5, 5.41) is 12.5. The zero-order chi connectivity index (χ0) is 12.3. The van der Waals surface area contributed by atoms with Gasteiger partial charge in [0.2, 0.25) is 5.91 Å². The number of likely N-dealkylation sites (tertiary alicyclic amines) is 1. The summed E-state index contributed by atoms with van der Waals surface area (Å²) in [6, 6.07) is -0.158. The lowest BCUT2D eigenvalue weighted by Gasteiger charge is -2.35. The third-order valence-corrected chi connectivity index (χ3v) is 2.85. The topological polar surface area (TPSA) is 52.6 Å². The van der Waals surface area contributed by atoms with Gasteiger partial charge in [-0.05, 0) is 47.1 Å². The highest BCUT2D eigenvalue weighted by Crippen LogP contribution is 2.13. The molecule has 1 unspecified atom stereocenters. The highest BCUT2D eigenvalue weighted by molar-refractivity contribution is 5.81. The molecule has 2 atom stereocenters. The van der Waals surface area contributed by atoms with Crippen molar-refractivity contribution in [3.63, 3.8) is 0 Å². The quantitative estimate of drug-likeness (QED) is 0.733. The maximum Gasteiger partial charge on any atom is 0.237 e. The molecule has 0 aromatic carbocycles. The molecule has 94 valence electrons. The first-order chi connectivity index (χ1) is 7.29. The molecule has 1 aliphatic rings.